The molecule has 23 heavy (non-hydrogen) atoms. The van der Waals surface area contributed by atoms with Crippen LogP contribution in [0.1, 0.15) is 35.9 Å². The first-order valence-corrected chi connectivity index (χ1v) is 8.03. The van der Waals surface area contributed by atoms with Crippen molar-refractivity contribution in [3.8, 4) is 0 Å². The van der Waals surface area contributed by atoms with Gasteiger partial charge in [-0.15, -0.1) is 0 Å². The monoisotopic (exact) mass is 332 g/mol. The smallest absolute Gasteiger partial charge is 0.338 e. The van der Waals surface area contributed by atoms with E-state index in [0.717, 1.165) is 5.56 Å². The Kier molecular flexibility index (Phi) is 6.63. The largest absolute Gasteiger partial charge is 0.451 e. The molecule has 0 bridgehead atoms. The Morgan fingerprint density at radius 2 is 1.78 bits per heavy atom. The summed E-state index contributed by atoms with van der Waals surface area (Å²) in [5.41, 5.74) is 1.34. The molecule has 2 rings (SSSR count). The van der Waals surface area contributed by atoms with Crippen LogP contribution in [0.4, 0.5) is 0 Å². The maximum Gasteiger partial charge on any atom is 0.338 e. The van der Waals surface area contributed by atoms with Crippen LogP contribution in [0.3, 0.4) is 0 Å². The number of hydrogen-bond donors (Lipinski definition) is 0. The van der Waals surface area contributed by atoms with E-state index in [1.807, 2.05) is 30.3 Å². The van der Waals surface area contributed by atoms with E-state index < -0.39 is 12.1 Å². The summed E-state index contributed by atoms with van der Waals surface area (Å²) >= 11 is 5.93. The lowest BCUT2D eigenvalue weighted by Crippen LogP contribution is -2.18. The fourth-order valence-corrected chi connectivity index (χ4v) is 2.28. The van der Waals surface area contributed by atoms with Crippen molar-refractivity contribution in [2.45, 2.75) is 20.0 Å². The number of hydrogen-bond acceptors (Lipinski definition) is 3. The van der Waals surface area contributed by atoms with Crippen LogP contribution in [-0.2, 0) is 9.47 Å². The van der Waals surface area contributed by atoms with E-state index in [1.54, 1.807) is 24.3 Å². The van der Waals surface area contributed by atoms with Crippen molar-refractivity contribution in [2.75, 3.05) is 13.2 Å². The van der Waals surface area contributed by atoms with Crippen molar-refractivity contribution in [3.05, 3.63) is 70.7 Å². The average Bonchev–Trinajstić information content (AvgIpc) is 2.54. The highest BCUT2D eigenvalue weighted by molar-refractivity contribution is 6.30. The number of halogens is 1. The van der Waals surface area contributed by atoms with Gasteiger partial charge in [0, 0.05) is 11.6 Å². The highest BCUT2D eigenvalue weighted by Gasteiger charge is 2.18. The van der Waals surface area contributed by atoms with Crippen LogP contribution in [0.2, 0.25) is 5.02 Å². The highest BCUT2D eigenvalue weighted by atomic mass is 35.5. The number of carbonyl (C=O) groups excluding carboxylic acids is 1. The molecular formula is C19H21ClO3. The maximum absolute atomic E-state index is 12.3. The molecule has 0 saturated heterocycles. The van der Waals surface area contributed by atoms with Crippen LogP contribution in [0.25, 0.3) is 0 Å². The Bertz CT molecular complexity index is 626. The van der Waals surface area contributed by atoms with Gasteiger partial charge in [-0.2, -0.15) is 0 Å². The minimum atomic E-state index is -0.443. The van der Waals surface area contributed by atoms with Crippen LogP contribution in [0.5, 0.6) is 0 Å². The number of rotatable bonds is 7. The standard InChI is InChI=1S/C19H21ClO3/c1-14(2)12-22-13-18(15-7-4-3-5-8-15)23-19(21)16-9-6-10-17(20)11-16/h3-11,14,18H,12-13H2,1-2H3. The molecule has 0 amide bonds. The lowest BCUT2D eigenvalue weighted by molar-refractivity contribution is -0.00997. The van der Waals surface area contributed by atoms with Crippen molar-refractivity contribution < 1.29 is 14.3 Å². The van der Waals surface area contributed by atoms with E-state index in [9.17, 15) is 4.79 Å². The first-order chi connectivity index (χ1) is 11.1. The van der Waals surface area contributed by atoms with Gasteiger partial charge in [-0.1, -0.05) is 61.8 Å². The molecule has 0 heterocycles. The van der Waals surface area contributed by atoms with Crippen molar-refractivity contribution in [3.63, 3.8) is 0 Å². The SMILES string of the molecule is CC(C)COCC(OC(=O)c1cccc(Cl)c1)c1ccccc1. The number of ether oxygens (including phenoxy) is 2. The maximum atomic E-state index is 12.3. The van der Waals surface area contributed by atoms with Crippen LogP contribution in [0.15, 0.2) is 54.6 Å². The fraction of sp³-hybridized carbons (Fsp3) is 0.316. The minimum absolute atomic E-state index is 0.328. The summed E-state index contributed by atoms with van der Waals surface area (Å²) in [6, 6.07) is 16.3. The Hall–Kier alpha value is -1.84. The summed E-state index contributed by atoms with van der Waals surface area (Å²) in [5.74, 6) is 0.0181. The minimum Gasteiger partial charge on any atom is -0.451 e. The molecule has 1 unspecified atom stereocenters. The number of esters is 1. The number of carbonyl (C=O) groups is 1. The van der Waals surface area contributed by atoms with Crippen molar-refractivity contribution in [1.82, 2.24) is 0 Å². The molecule has 0 aromatic heterocycles. The summed E-state index contributed by atoms with van der Waals surface area (Å²) < 4.78 is 11.3. The topological polar surface area (TPSA) is 35.5 Å². The summed E-state index contributed by atoms with van der Waals surface area (Å²) in [5, 5.41) is 0.506. The van der Waals surface area contributed by atoms with Gasteiger partial charge in [-0.25, -0.2) is 4.79 Å². The zero-order valence-electron chi connectivity index (χ0n) is 13.4. The van der Waals surface area contributed by atoms with Crippen LogP contribution >= 0.6 is 11.6 Å². The Balaban J connectivity index is 2.09. The Morgan fingerprint density at radius 3 is 2.43 bits per heavy atom. The van der Waals surface area contributed by atoms with Crippen LogP contribution in [-0.4, -0.2) is 19.2 Å². The van der Waals surface area contributed by atoms with Crippen molar-refractivity contribution in [1.29, 1.82) is 0 Å². The molecule has 2 aromatic carbocycles. The fourth-order valence-electron chi connectivity index (χ4n) is 2.09. The Labute approximate surface area is 142 Å². The van der Waals surface area contributed by atoms with E-state index in [0.29, 0.717) is 29.7 Å². The van der Waals surface area contributed by atoms with Crippen LogP contribution < -0.4 is 0 Å². The highest BCUT2D eigenvalue weighted by Crippen LogP contribution is 2.21. The normalized spacial score (nSPS) is 12.2. The molecule has 0 radical (unpaired) electrons. The van der Waals surface area contributed by atoms with E-state index >= 15 is 0 Å². The third kappa shape index (κ3) is 5.70. The third-order valence-electron chi connectivity index (χ3n) is 3.20. The molecule has 2 aromatic rings. The zero-order chi connectivity index (χ0) is 16.7. The molecule has 0 aliphatic carbocycles. The van der Waals surface area contributed by atoms with Gasteiger partial charge in [0.1, 0.15) is 0 Å². The third-order valence-corrected chi connectivity index (χ3v) is 3.44. The molecular weight excluding hydrogens is 312 g/mol. The molecule has 0 fully saturated rings. The molecule has 122 valence electrons. The van der Waals surface area contributed by atoms with Crippen molar-refractivity contribution in [2.24, 2.45) is 5.92 Å². The van der Waals surface area contributed by atoms with E-state index in [4.69, 9.17) is 21.1 Å². The van der Waals surface area contributed by atoms with E-state index in [1.165, 1.54) is 0 Å². The van der Waals surface area contributed by atoms with Gasteiger partial charge in [0.25, 0.3) is 0 Å². The van der Waals surface area contributed by atoms with Gasteiger partial charge < -0.3 is 9.47 Å². The molecule has 1 atom stereocenters. The first kappa shape index (κ1) is 17.5. The van der Waals surface area contributed by atoms with Crippen molar-refractivity contribution >= 4 is 17.6 Å². The van der Waals surface area contributed by atoms with Gasteiger partial charge in [0.15, 0.2) is 6.10 Å². The lowest BCUT2D eigenvalue weighted by Gasteiger charge is -2.19. The average molecular weight is 333 g/mol. The van der Waals surface area contributed by atoms with Gasteiger partial charge >= 0.3 is 5.97 Å². The molecule has 0 aliphatic rings. The molecule has 0 spiro atoms. The molecule has 0 aliphatic heterocycles. The lowest BCUT2D eigenvalue weighted by atomic mass is 10.1. The van der Waals surface area contributed by atoms with E-state index in [-0.39, 0.29) is 0 Å². The zero-order valence-corrected chi connectivity index (χ0v) is 14.1. The molecule has 4 heteroatoms. The predicted octanol–water partition coefficient (Wildman–Crippen LogP) is 4.91. The predicted molar refractivity (Wildman–Crippen MR) is 91.7 cm³/mol. The number of benzene rings is 2. The second-order valence-electron chi connectivity index (χ2n) is 5.75. The summed E-state index contributed by atoms with van der Waals surface area (Å²) in [4.78, 5) is 12.3. The Morgan fingerprint density at radius 1 is 1.04 bits per heavy atom. The molecule has 0 N–H and O–H groups in total. The second-order valence-corrected chi connectivity index (χ2v) is 6.18. The van der Waals surface area contributed by atoms with Crippen LogP contribution in [0, 0.1) is 5.92 Å². The quantitative estimate of drug-likeness (QED) is 0.676. The molecule has 3 nitrogen and oxygen atoms in total. The summed E-state index contributed by atoms with van der Waals surface area (Å²) in [6.45, 7) is 5.11. The summed E-state index contributed by atoms with van der Waals surface area (Å²) in [6.07, 6.45) is -0.443. The molecule has 0 saturated carbocycles. The summed E-state index contributed by atoms with van der Waals surface area (Å²) in [7, 11) is 0. The van der Waals surface area contributed by atoms with E-state index in [2.05, 4.69) is 13.8 Å². The van der Waals surface area contributed by atoms with Gasteiger partial charge in [0.05, 0.1) is 12.2 Å². The van der Waals surface area contributed by atoms with Gasteiger partial charge in [0.2, 0.25) is 0 Å². The second kappa shape index (κ2) is 8.70. The first-order valence-electron chi connectivity index (χ1n) is 7.65. The van der Waals surface area contributed by atoms with Gasteiger partial charge in [-0.3, -0.25) is 0 Å². The van der Waals surface area contributed by atoms with Gasteiger partial charge in [-0.05, 0) is 29.7 Å².